The number of aromatic nitrogens is 3. The van der Waals surface area contributed by atoms with Crippen LogP contribution in [0.15, 0.2) is 42.5 Å². The molecule has 0 spiro atoms. The van der Waals surface area contributed by atoms with Gasteiger partial charge in [-0.1, -0.05) is 11.6 Å². The van der Waals surface area contributed by atoms with Crippen LogP contribution >= 0.6 is 11.6 Å². The summed E-state index contributed by atoms with van der Waals surface area (Å²) in [6, 6.07) is 11.3. The van der Waals surface area contributed by atoms with Crippen LogP contribution in [0.4, 0.5) is 11.6 Å². The molecule has 0 fully saturated rings. The number of halogens is 1. The second kappa shape index (κ2) is 8.03. The van der Waals surface area contributed by atoms with Crippen molar-refractivity contribution in [3.8, 4) is 22.9 Å². The molecule has 1 atom stereocenters. The molecule has 0 saturated carbocycles. The molecular weight excluding hydrogens is 410 g/mol. The first-order valence-corrected chi connectivity index (χ1v) is 9.41. The molecule has 3 aromatic rings. The summed E-state index contributed by atoms with van der Waals surface area (Å²) in [4.78, 5) is 29.3. The van der Waals surface area contributed by atoms with Gasteiger partial charge in [0.2, 0.25) is 11.9 Å². The molecule has 1 aliphatic rings. The highest BCUT2D eigenvalue weighted by atomic mass is 35.5. The maximum absolute atomic E-state index is 12.6. The number of benzene rings is 2. The van der Waals surface area contributed by atoms with E-state index in [0.29, 0.717) is 34.0 Å². The van der Waals surface area contributed by atoms with Crippen LogP contribution in [0.2, 0.25) is 5.02 Å². The number of anilines is 2. The lowest BCUT2D eigenvalue weighted by Gasteiger charge is -2.12. The fourth-order valence-corrected chi connectivity index (χ4v) is 3.30. The predicted molar refractivity (Wildman–Crippen MR) is 111 cm³/mol. The third-order valence-electron chi connectivity index (χ3n) is 4.63. The smallest absolute Gasteiger partial charge is 0.252 e. The number of methoxy groups -OCH3 is 2. The van der Waals surface area contributed by atoms with Crippen molar-refractivity contribution in [3.05, 3.63) is 47.5 Å². The number of carbonyl (C=O) groups is 2. The minimum atomic E-state index is -0.815. The van der Waals surface area contributed by atoms with Gasteiger partial charge in [-0.25, -0.2) is 4.68 Å². The minimum absolute atomic E-state index is 0.125. The molecule has 9 nitrogen and oxygen atoms in total. The van der Waals surface area contributed by atoms with E-state index in [1.807, 2.05) is 12.1 Å². The Morgan fingerprint density at radius 2 is 1.97 bits per heavy atom. The summed E-state index contributed by atoms with van der Waals surface area (Å²) in [6.45, 7) is 0. The van der Waals surface area contributed by atoms with E-state index < -0.39 is 6.04 Å². The van der Waals surface area contributed by atoms with Gasteiger partial charge < -0.3 is 14.8 Å². The van der Waals surface area contributed by atoms with Crippen molar-refractivity contribution < 1.29 is 19.1 Å². The van der Waals surface area contributed by atoms with Gasteiger partial charge in [-0.3, -0.25) is 14.9 Å². The second-order valence-corrected chi connectivity index (χ2v) is 6.97. The van der Waals surface area contributed by atoms with Gasteiger partial charge in [-0.15, -0.1) is 5.10 Å². The molecule has 2 heterocycles. The first kappa shape index (κ1) is 19.7. The first-order chi connectivity index (χ1) is 14.5. The zero-order valence-corrected chi connectivity index (χ0v) is 16.9. The highest BCUT2D eigenvalue weighted by Crippen LogP contribution is 2.31. The molecule has 0 unspecified atom stereocenters. The largest absolute Gasteiger partial charge is 0.497 e. The Hall–Kier alpha value is -3.59. The third-order valence-corrected chi connectivity index (χ3v) is 4.86. The van der Waals surface area contributed by atoms with Gasteiger partial charge in [-0.05, 0) is 42.5 Å². The number of nitrogens with zero attached hydrogens (tertiary/aromatic N) is 3. The Bertz CT molecular complexity index is 1110. The molecule has 10 heteroatoms. The Morgan fingerprint density at radius 3 is 2.67 bits per heavy atom. The van der Waals surface area contributed by atoms with Gasteiger partial charge in [0, 0.05) is 10.6 Å². The fraction of sp³-hybridized carbons (Fsp3) is 0.200. The quantitative estimate of drug-likeness (QED) is 0.625. The molecule has 2 amide bonds. The van der Waals surface area contributed by atoms with Crippen LogP contribution in [0.3, 0.4) is 0 Å². The van der Waals surface area contributed by atoms with Crippen LogP contribution in [0.1, 0.15) is 12.5 Å². The highest BCUT2D eigenvalue weighted by molar-refractivity contribution is 6.31. The number of carbonyl (C=O) groups excluding carboxylic acids is 2. The summed E-state index contributed by atoms with van der Waals surface area (Å²) < 4.78 is 11.8. The van der Waals surface area contributed by atoms with E-state index in [1.54, 1.807) is 37.4 Å². The number of nitrogens with one attached hydrogen (secondary N) is 2. The average molecular weight is 428 g/mol. The molecule has 0 aliphatic carbocycles. The summed E-state index contributed by atoms with van der Waals surface area (Å²) in [5, 5.41) is 10.3. The van der Waals surface area contributed by atoms with Gasteiger partial charge in [0.25, 0.3) is 5.91 Å². The zero-order chi connectivity index (χ0) is 21.3. The summed E-state index contributed by atoms with van der Waals surface area (Å²) in [7, 11) is 3.08. The van der Waals surface area contributed by atoms with Crippen LogP contribution < -0.4 is 20.1 Å². The molecule has 4 rings (SSSR count). The van der Waals surface area contributed by atoms with Crippen molar-refractivity contribution in [1.29, 1.82) is 0 Å². The van der Waals surface area contributed by atoms with Gasteiger partial charge in [-0.2, -0.15) is 4.98 Å². The average Bonchev–Trinajstić information content (AvgIpc) is 3.27. The third kappa shape index (κ3) is 3.79. The SMILES string of the molecule is COc1ccc(-c2nc3n(n2)[C@H](CC(=O)Nc2cc(Cl)ccc2OC)C(=O)N3)cc1. The number of amides is 2. The Kier molecular flexibility index (Phi) is 5.28. The van der Waals surface area contributed by atoms with Crippen molar-refractivity contribution in [2.75, 3.05) is 24.9 Å². The van der Waals surface area contributed by atoms with Crippen LogP contribution in [0.5, 0.6) is 11.5 Å². The maximum atomic E-state index is 12.6. The lowest BCUT2D eigenvalue weighted by atomic mass is 10.2. The van der Waals surface area contributed by atoms with E-state index in [9.17, 15) is 9.59 Å². The summed E-state index contributed by atoms with van der Waals surface area (Å²) in [5.41, 5.74) is 1.19. The molecule has 1 aromatic heterocycles. The van der Waals surface area contributed by atoms with Gasteiger partial charge in [0.15, 0.2) is 5.82 Å². The molecule has 0 saturated heterocycles. The zero-order valence-electron chi connectivity index (χ0n) is 16.2. The molecule has 1 aliphatic heterocycles. The second-order valence-electron chi connectivity index (χ2n) is 6.53. The lowest BCUT2D eigenvalue weighted by Crippen LogP contribution is -2.24. The van der Waals surface area contributed by atoms with Crippen molar-refractivity contribution in [1.82, 2.24) is 14.8 Å². The van der Waals surface area contributed by atoms with Crippen LogP contribution in [0, 0.1) is 0 Å². The summed E-state index contributed by atoms with van der Waals surface area (Å²) >= 11 is 6.00. The number of ether oxygens (including phenoxy) is 2. The monoisotopic (exact) mass is 427 g/mol. The van der Waals surface area contributed by atoms with Crippen molar-refractivity contribution in [2.45, 2.75) is 12.5 Å². The Balaban J connectivity index is 1.52. The molecule has 2 N–H and O–H groups in total. The lowest BCUT2D eigenvalue weighted by molar-refractivity contribution is -0.123. The van der Waals surface area contributed by atoms with E-state index in [2.05, 4.69) is 20.7 Å². The van der Waals surface area contributed by atoms with Crippen LogP contribution in [-0.4, -0.2) is 40.8 Å². The number of hydrogen-bond donors (Lipinski definition) is 2. The minimum Gasteiger partial charge on any atom is -0.497 e. The van der Waals surface area contributed by atoms with E-state index in [0.717, 1.165) is 5.56 Å². The number of rotatable bonds is 6. The maximum Gasteiger partial charge on any atom is 0.252 e. The van der Waals surface area contributed by atoms with Gasteiger partial charge >= 0.3 is 0 Å². The van der Waals surface area contributed by atoms with Gasteiger partial charge in [0.1, 0.15) is 17.5 Å². The predicted octanol–water partition coefficient (Wildman–Crippen LogP) is 3.14. The van der Waals surface area contributed by atoms with Gasteiger partial charge in [0.05, 0.1) is 26.3 Å². The van der Waals surface area contributed by atoms with Crippen LogP contribution in [-0.2, 0) is 9.59 Å². The number of fused-ring (bicyclic) bond motifs is 1. The highest BCUT2D eigenvalue weighted by Gasteiger charge is 2.35. The topological polar surface area (TPSA) is 107 Å². The van der Waals surface area contributed by atoms with Crippen LogP contribution in [0.25, 0.3) is 11.4 Å². The summed E-state index contributed by atoms with van der Waals surface area (Å²) in [5.74, 6) is 1.18. The van der Waals surface area contributed by atoms with Crippen molar-refractivity contribution >= 4 is 35.1 Å². The fourth-order valence-electron chi connectivity index (χ4n) is 3.13. The first-order valence-electron chi connectivity index (χ1n) is 9.03. The normalized spacial score (nSPS) is 14.8. The Morgan fingerprint density at radius 1 is 1.20 bits per heavy atom. The molecule has 0 bridgehead atoms. The van der Waals surface area contributed by atoms with E-state index >= 15 is 0 Å². The molecule has 2 aromatic carbocycles. The standard InChI is InChI=1S/C20H18ClN5O4/c1-29-13-6-3-11(4-7-13)18-23-20-24-19(28)15(26(20)25-18)10-17(27)22-14-9-12(21)5-8-16(14)30-2/h3-9,15H,10H2,1-2H3,(H,22,27)(H,23,24,25,28)/t15-/m1/s1. The number of hydrogen-bond acceptors (Lipinski definition) is 6. The Labute approximate surface area is 177 Å². The van der Waals surface area contributed by atoms with Crippen molar-refractivity contribution in [3.63, 3.8) is 0 Å². The molecule has 0 radical (unpaired) electrons. The van der Waals surface area contributed by atoms with Crippen molar-refractivity contribution in [2.24, 2.45) is 0 Å². The molecular formula is C20H18ClN5O4. The summed E-state index contributed by atoms with van der Waals surface area (Å²) in [6.07, 6.45) is -0.125. The van der Waals surface area contributed by atoms with E-state index in [1.165, 1.54) is 11.8 Å². The molecule has 154 valence electrons. The van der Waals surface area contributed by atoms with E-state index in [4.69, 9.17) is 21.1 Å². The molecule has 30 heavy (non-hydrogen) atoms. The van der Waals surface area contributed by atoms with E-state index in [-0.39, 0.29) is 18.2 Å².